The maximum atomic E-state index is 13.3. The lowest BCUT2D eigenvalue weighted by Crippen LogP contribution is -2.42. The van der Waals surface area contributed by atoms with Crippen LogP contribution in [0.3, 0.4) is 0 Å². The van der Waals surface area contributed by atoms with Crippen LogP contribution < -0.4 is 20.5 Å². The number of nitrogens with zero attached hydrogens (tertiary/aromatic N) is 2. The summed E-state index contributed by atoms with van der Waals surface area (Å²) >= 11 is 0. The van der Waals surface area contributed by atoms with E-state index in [4.69, 9.17) is 14.2 Å². The molecule has 3 aromatic carbocycles. The predicted octanol–water partition coefficient (Wildman–Crippen LogP) is 3.16. The number of ether oxygens (including phenoxy) is 3. The number of nitrogens with one attached hydrogen (secondary N) is 1. The molecule has 1 atom stereocenters. The van der Waals surface area contributed by atoms with Crippen molar-refractivity contribution in [2.75, 3.05) is 13.2 Å². The number of rotatable bonds is 6. The number of carbonyl (C=O) groups is 2. The predicted molar refractivity (Wildman–Crippen MR) is 139 cm³/mol. The number of hydrogen-bond acceptors (Lipinski definition) is 8. The van der Waals surface area contributed by atoms with E-state index in [1.54, 1.807) is 55.5 Å². The quantitative estimate of drug-likeness (QED) is 0.230. The molecule has 2 heterocycles. The standard InChI is InChI=1S/C28H23N3O7/c1-2-36-28(35)17-11-13-18(14-12-17)31-26(33)20-8-4-3-7-19(20)21(27(31)34)15-29-30-25(32)24-16-37-22-9-5-6-10-23(22)38-24/h3-15,24,34H,2,16H2,1H3,(H,30,32)/b29-15+/t24-/m1/s1. The number of esters is 1. The van der Waals surface area contributed by atoms with E-state index in [1.165, 1.54) is 30.5 Å². The molecule has 38 heavy (non-hydrogen) atoms. The number of aromatic nitrogens is 1. The zero-order valence-electron chi connectivity index (χ0n) is 20.3. The molecule has 0 unspecified atom stereocenters. The van der Waals surface area contributed by atoms with Crippen LogP contribution in [0, 0.1) is 0 Å². The van der Waals surface area contributed by atoms with Gasteiger partial charge < -0.3 is 19.3 Å². The van der Waals surface area contributed by atoms with Crippen molar-refractivity contribution < 1.29 is 28.9 Å². The Bertz CT molecular complexity index is 1610. The molecule has 10 heteroatoms. The molecule has 10 nitrogen and oxygen atoms in total. The van der Waals surface area contributed by atoms with Gasteiger partial charge in [0.1, 0.15) is 6.61 Å². The van der Waals surface area contributed by atoms with Crippen molar-refractivity contribution in [2.45, 2.75) is 13.0 Å². The van der Waals surface area contributed by atoms with E-state index in [0.717, 1.165) is 4.57 Å². The number of carbonyl (C=O) groups excluding carboxylic acids is 2. The van der Waals surface area contributed by atoms with E-state index in [1.807, 2.05) is 0 Å². The number of para-hydroxylation sites is 2. The molecule has 5 rings (SSSR count). The normalized spacial score (nSPS) is 14.4. The Balaban J connectivity index is 1.44. The van der Waals surface area contributed by atoms with Gasteiger partial charge in [-0.2, -0.15) is 5.10 Å². The third kappa shape index (κ3) is 4.66. The molecule has 1 aliphatic heterocycles. The minimum absolute atomic E-state index is 0.0131. The second-order valence-corrected chi connectivity index (χ2v) is 8.29. The van der Waals surface area contributed by atoms with Gasteiger partial charge in [0.2, 0.25) is 12.0 Å². The van der Waals surface area contributed by atoms with Crippen LogP contribution in [0.5, 0.6) is 17.4 Å². The average Bonchev–Trinajstić information content (AvgIpc) is 2.95. The number of benzene rings is 3. The highest BCUT2D eigenvalue weighted by Gasteiger charge is 2.27. The summed E-state index contributed by atoms with van der Waals surface area (Å²) in [5.41, 5.74) is 2.79. The summed E-state index contributed by atoms with van der Waals surface area (Å²) in [4.78, 5) is 37.9. The summed E-state index contributed by atoms with van der Waals surface area (Å²) in [6.07, 6.45) is 0.343. The van der Waals surface area contributed by atoms with Crippen LogP contribution in [-0.2, 0) is 9.53 Å². The summed E-state index contributed by atoms with van der Waals surface area (Å²) in [7, 11) is 0. The van der Waals surface area contributed by atoms with Gasteiger partial charge in [-0.25, -0.2) is 14.8 Å². The van der Waals surface area contributed by atoms with E-state index >= 15 is 0 Å². The molecule has 1 aromatic heterocycles. The lowest BCUT2D eigenvalue weighted by molar-refractivity contribution is -0.130. The number of aromatic hydroxyl groups is 1. The van der Waals surface area contributed by atoms with Gasteiger partial charge in [0.25, 0.3) is 11.5 Å². The van der Waals surface area contributed by atoms with Gasteiger partial charge >= 0.3 is 5.97 Å². The summed E-state index contributed by atoms with van der Waals surface area (Å²) < 4.78 is 17.4. The first-order valence-electron chi connectivity index (χ1n) is 11.8. The minimum atomic E-state index is -0.917. The molecule has 2 N–H and O–H groups in total. The van der Waals surface area contributed by atoms with Crippen molar-refractivity contribution in [3.63, 3.8) is 0 Å². The Morgan fingerprint density at radius 3 is 2.47 bits per heavy atom. The zero-order chi connectivity index (χ0) is 26.6. The summed E-state index contributed by atoms with van der Waals surface area (Å²) in [5.74, 6) is -0.417. The number of hydrazone groups is 1. The number of pyridine rings is 1. The van der Waals surface area contributed by atoms with Crippen LogP contribution in [0.1, 0.15) is 22.8 Å². The number of fused-ring (bicyclic) bond motifs is 2. The van der Waals surface area contributed by atoms with Gasteiger partial charge in [-0.1, -0.05) is 30.3 Å². The molecule has 4 aromatic rings. The topological polar surface area (TPSA) is 128 Å². The van der Waals surface area contributed by atoms with Gasteiger partial charge in [-0.05, 0) is 49.4 Å². The first-order chi connectivity index (χ1) is 18.5. The SMILES string of the molecule is CCOC(=O)c1ccc(-n2c(O)c(/C=N/NC(=O)[C@H]3COc4ccccc4O3)c3ccccc3c2=O)cc1. The van der Waals surface area contributed by atoms with Gasteiger partial charge in [0, 0.05) is 10.8 Å². The average molecular weight is 514 g/mol. The van der Waals surface area contributed by atoms with Crippen LogP contribution in [0.2, 0.25) is 0 Å². The van der Waals surface area contributed by atoms with Crippen molar-refractivity contribution in [1.29, 1.82) is 0 Å². The number of hydrogen-bond donors (Lipinski definition) is 2. The first-order valence-corrected chi connectivity index (χ1v) is 11.8. The van der Waals surface area contributed by atoms with E-state index in [9.17, 15) is 19.5 Å². The maximum absolute atomic E-state index is 13.3. The van der Waals surface area contributed by atoms with Gasteiger partial charge in [-0.3, -0.25) is 9.59 Å². The summed E-state index contributed by atoms with van der Waals surface area (Å²) in [6.45, 7) is 1.95. The molecule has 0 saturated carbocycles. The highest BCUT2D eigenvalue weighted by atomic mass is 16.6. The molecule has 0 bridgehead atoms. The minimum Gasteiger partial charge on any atom is -0.494 e. The monoisotopic (exact) mass is 513 g/mol. The number of amides is 1. The van der Waals surface area contributed by atoms with E-state index in [0.29, 0.717) is 33.5 Å². The second-order valence-electron chi connectivity index (χ2n) is 8.29. The van der Waals surface area contributed by atoms with Crippen molar-refractivity contribution >= 4 is 28.9 Å². The Kier molecular flexibility index (Phi) is 6.77. The third-order valence-corrected chi connectivity index (χ3v) is 5.91. The molecule has 0 saturated heterocycles. The van der Waals surface area contributed by atoms with E-state index in [-0.39, 0.29) is 24.7 Å². The van der Waals surface area contributed by atoms with Crippen molar-refractivity contribution in [1.82, 2.24) is 9.99 Å². The van der Waals surface area contributed by atoms with Crippen LogP contribution in [0.4, 0.5) is 0 Å². The summed E-state index contributed by atoms with van der Waals surface area (Å²) in [5, 5.41) is 15.9. The van der Waals surface area contributed by atoms with Gasteiger partial charge in [0.05, 0.1) is 29.6 Å². The van der Waals surface area contributed by atoms with Crippen LogP contribution in [0.15, 0.2) is 82.7 Å². The fourth-order valence-corrected chi connectivity index (χ4v) is 4.07. The Morgan fingerprint density at radius 1 is 1.05 bits per heavy atom. The van der Waals surface area contributed by atoms with E-state index in [2.05, 4.69) is 10.5 Å². The van der Waals surface area contributed by atoms with Gasteiger partial charge in [0.15, 0.2) is 11.5 Å². The van der Waals surface area contributed by atoms with Crippen LogP contribution in [-0.4, -0.2) is 47.1 Å². The largest absolute Gasteiger partial charge is 0.494 e. The molecular weight excluding hydrogens is 490 g/mol. The van der Waals surface area contributed by atoms with E-state index < -0.39 is 23.5 Å². The highest BCUT2D eigenvalue weighted by molar-refractivity contribution is 6.02. The first kappa shape index (κ1) is 24.6. The third-order valence-electron chi connectivity index (χ3n) is 5.91. The van der Waals surface area contributed by atoms with Crippen LogP contribution in [0.25, 0.3) is 16.5 Å². The molecule has 0 radical (unpaired) electrons. The fraction of sp³-hybridized carbons (Fsp3) is 0.143. The maximum Gasteiger partial charge on any atom is 0.338 e. The zero-order valence-corrected chi connectivity index (χ0v) is 20.3. The molecule has 1 amide bonds. The Morgan fingerprint density at radius 2 is 1.74 bits per heavy atom. The molecule has 0 aliphatic carbocycles. The molecule has 0 spiro atoms. The Hall–Kier alpha value is -5.12. The Labute approximate surface area is 216 Å². The lowest BCUT2D eigenvalue weighted by Gasteiger charge is -2.24. The molecule has 0 fully saturated rings. The van der Waals surface area contributed by atoms with Crippen molar-refractivity contribution in [2.24, 2.45) is 5.10 Å². The molecular formula is C28H23N3O7. The van der Waals surface area contributed by atoms with Crippen molar-refractivity contribution in [3.05, 3.63) is 94.3 Å². The highest BCUT2D eigenvalue weighted by Crippen LogP contribution is 2.31. The van der Waals surface area contributed by atoms with Crippen LogP contribution >= 0.6 is 0 Å². The molecule has 1 aliphatic rings. The summed E-state index contributed by atoms with van der Waals surface area (Å²) in [6, 6.07) is 19.8. The lowest BCUT2D eigenvalue weighted by atomic mass is 10.1. The second kappa shape index (κ2) is 10.5. The van der Waals surface area contributed by atoms with Gasteiger partial charge in [-0.15, -0.1) is 0 Å². The smallest absolute Gasteiger partial charge is 0.338 e. The van der Waals surface area contributed by atoms with Crippen molar-refractivity contribution in [3.8, 4) is 23.1 Å². The molecule has 192 valence electrons. The fourth-order valence-electron chi connectivity index (χ4n) is 4.07.